The first kappa shape index (κ1) is 19.8. The van der Waals surface area contributed by atoms with Gasteiger partial charge in [0.2, 0.25) is 5.91 Å². The molecule has 142 valence electrons. The fourth-order valence-corrected chi connectivity index (χ4v) is 2.14. The van der Waals surface area contributed by atoms with E-state index in [1.165, 1.54) is 19.4 Å². The number of nitrogens with one attached hydrogen (secondary N) is 2. The summed E-state index contributed by atoms with van der Waals surface area (Å²) in [5.41, 5.74) is 3.50. The number of methoxy groups -OCH3 is 2. The molecule has 0 aliphatic heterocycles. The maximum atomic E-state index is 12.0. The van der Waals surface area contributed by atoms with E-state index in [-0.39, 0.29) is 30.5 Å². The highest BCUT2D eigenvalue weighted by molar-refractivity contribution is 5.94. The Morgan fingerprint density at radius 2 is 1.85 bits per heavy atom. The van der Waals surface area contributed by atoms with Crippen LogP contribution in [-0.2, 0) is 4.79 Å². The number of hydrazone groups is 1. The second-order valence-electron chi connectivity index (χ2n) is 5.46. The van der Waals surface area contributed by atoms with Crippen molar-refractivity contribution >= 4 is 18.0 Å². The lowest BCUT2D eigenvalue weighted by atomic mass is 10.2. The highest BCUT2D eigenvalue weighted by atomic mass is 16.5. The zero-order valence-corrected chi connectivity index (χ0v) is 15.1. The van der Waals surface area contributed by atoms with Gasteiger partial charge >= 0.3 is 0 Å². The van der Waals surface area contributed by atoms with E-state index < -0.39 is 0 Å². The summed E-state index contributed by atoms with van der Waals surface area (Å²) in [5, 5.41) is 16.0. The number of nitrogens with zero attached hydrogens (tertiary/aromatic N) is 1. The molecule has 0 spiro atoms. The first-order valence-electron chi connectivity index (χ1n) is 8.14. The van der Waals surface area contributed by atoms with E-state index in [0.717, 1.165) is 0 Å². The Morgan fingerprint density at radius 3 is 2.52 bits per heavy atom. The lowest BCUT2D eigenvalue weighted by Crippen LogP contribution is -2.29. The summed E-state index contributed by atoms with van der Waals surface area (Å²) in [5.74, 6) is 0.380. The van der Waals surface area contributed by atoms with E-state index in [0.29, 0.717) is 22.6 Å². The van der Waals surface area contributed by atoms with Crippen LogP contribution in [0.15, 0.2) is 47.6 Å². The summed E-state index contributed by atoms with van der Waals surface area (Å²) in [6.45, 7) is 0.180. The maximum Gasteiger partial charge on any atom is 0.251 e. The summed E-state index contributed by atoms with van der Waals surface area (Å²) < 4.78 is 10.0. The lowest BCUT2D eigenvalue weighted by molar-refractivity contribution is -0.120. The maximum absolute atomic E-state index is 12.0. The SMILES string of the molecule is COc1ccc(C(=O)NCCC(=O)N/N=C/c2ccc(O)c(OC)c2)cc1. The summed E-state index contributed by atoms with van der Waals surface area (Å²) in [7, 11) is 2.99. The molecule has 0 fully saturated rings. The zero-order valence-electron chi connectivity index (χ0n) is 15.1. The first-order chi connectivity index (χ1) is 13.0. The van der Waals surface area contributed by atoms with Crippen molar-refractivity contribution in [2.45, 2.75) is 6.42 Å². The van der Waals surface area contributed by atoms with Gasteiger partial charge in [-0.3, -0.25) is 9.59 Å². The standard InChI is InChI=1S/C19H21N3O5/c1-26-15-6-4-14(5-7-15)19(25)20-10-9-18(24)22-21-12-13-3-8-16(23)17(11-13)27-2/h3-8,11-12,23H,9-10H2,1-2H3,(H,20,25)(H,22,24)/b21-12+. The topological polar surface area (TPSA) is 109 Å². The average Bonchev–Trinajstić information content (AvgIpc) is 2.69. The molecular formula is C19H21N3O5. The predicted molar refractivity (Wildman–Crippen MR) is 100 cm³/mol. The molecule has 0 aliphatic rings. The van der Waals surface area contributed by atoms with Gasteiger partial charge in [0, 0.05) is 18.5 Å². The van der Waals surface area contributed by atoms with Crippen LogP contribution in [0.4, 0.5) is 0 Å². The number of benzene rings is 2. The number of hydrogen-bond acceptors (Lipinski definition) is 6. The third-order valence-electron chi connectivity index (χ3n) is 3.60. The van der Waals surface area contributed by atoms with E-state index in [2.05, 4.69) is 15.8 Å². The normalized spacial score (nSPS) is 10.4. The van der Waals surface area contributed by atoms with E-state index in [1.54, 1.807) is 43.5 Å². The monoisotopic (exact) mass is 371 g/mol. The van der Waals surface area contributed by atoms with Crippen LogP contribution < -0.4 is 20.2 Å². The van der Waals surface area contributed by atoms with Crippen LogP contribution in [0.3, 0.4) is 0 Å². The number of phenols is 1. The van der Waals surface area contributed by atoms with Crippen LogP contribution >= 0.6 is 0 Å². The minimum atomic E-state index is -0.341. The minimum absolute atomic E-state index is 0.0197. The Balaban J connectivity index is 1.74. The van der Waals surface area contributed by atoms with Crippen molar-refractivity contribution in [2.24, 2.45) is 5.10 Å². The molecule has 0 saturated carbocycles. The van der Waals surface area contributed by atoms with Crippen molar-refractivity contribution in [3.63, 3.8) is 0 Å². The van der Waals surface area contributed by atoms with E-state index in [4.69, 9.17) is 9.47 Å². The largest absolute Gasteiger partial charge is 0.504 e. The molecule has 2 rings (SSSR count). The molecule has 8 heteroatoms. The quantitative estimate of drug-likeness (QED) is 0.483. The number of carbonyl (C=O) groups is 2. The average molecular weight is 371 g/mol. The Hall–Kier alpha value is -3.55. The van der Waals surface area contributed by atoms with Crippen LogP contribution in [0.25, 0.3) is 0 Å². The van der Waals surface area contributed by atoms with Gasteiger partial charge in [-0.2, -0.15) is 5.10 Å². The van der Waals surface area contributed by atoms with Gasteiger partial charge in [0.25, 0.3) is 5.91 Å². The number of phenolic OH excluding ortho intramolecular Hbond substituents is 1. The van der Waals surface area contributed by atoms with Gasteiger partial charge in [-0.1, -0.05) is 0 Å². The van der Waals surface area contributed by atoms with Crippen LogP contribution in [0.1, 0.15) is 22.3 Å². The van der Waals surface area contributed by atoms with Crippen LogP contribution in [0.5, 0.6) is 17.2 Å². The third-order valence-corrected chi connectivity index (χ3v) is 3.60. The fourth-order valence-electron chi connectivity index (χ4n) is 2.14. The molecule has 27 heavy (non-hydrogen) atoms. The minimum Gasteiger partial charge on any atom is -0.504 e. The van der Waals surface area contributed by atoms with Gasteiger partial charge in [-0.05, 0) is 48.0 Å². The predicted octanol–water partition coefficient (Wildman–Crippen LogP) is 1.68. The van der Waals surface area contributed by atoms with E-state index in [1.807, 2.05) is 0 Å². The molecule has 0 aliphatic carbocycles. The van der Waals surface area contributed by atoms with Crippen molar-refractivity contribution in [2.75, 3.05) is 20.8 Å². The summed E-state index contributed by atoms with van der Waals surface area (Å²) in [4.78, 5) is 23.7. The molecule has 8 nitrogen and oxygen atoms in total. The number of carbonyl (C=O) groups excluding carboxylic acids is 2. The molecule has 0 atom stereocenters. The summed E-state index contributed by atoms with van der Waals surface area (Å²) in [6, 6.07) is 11.3. The summed E-state index contributed by atoms with van der Waals surface area (Å²) >= 11 is 0. The fraction of sp³-hybridized carbons (Fsp3) is 0.211. The molecule has 3 N–H and O–H groups in total. The van der Waals surface area contributed by atoms with Crippen LogP contribution in [0, 0.1) is 0 Å². The Labute approximate surface area is 156 Å². The van der Waals surface area contributed by atoms with Gasteiger partial charge < -0.3 is 19.9 Å². The van der Waals surface area contributed by atoms with Gasteiger partial charge in [-0.15, -0.1) is 0 Å². The smallest absolute Gasteiger partial charge is 0.251 e. The molecule has 2 aromatic rings. The number of rotatable bonds is 8. The molecule has 0 bridgehead atoms. The lowest BCUT2D eigenvalue weighted by Gasteiger charge is -2.06. The molecule has 0 aromatic heterocycles. The van der Waals surface area contributed by atoms with Crippen molar-refractivity contribution < 1.29 is 24.2 Å². The molecule has 0 saturated heterocycles. The number of aromatic hydroxyl groups is 1. The van der Waals surface area contributed by atoms with Crippen molar-refractivity contribution in [3.05, 3.63) is 53.6 Å². The molecule has 0 unspecified atom stereocenters. The van der Waals surface area contributed by atoms with E-state index >= 15 is 0 Å². The van der Waals surface area contributed by atoms with Crippen molar-refractivity contribution in [1.29, 1.82) is 0 Å². The summed E-state index contributed by atoms with van der Waals surface area (Å²) in [6.07, 6.45) is 1.51. The van der Waals surface area contributed by atoms with Crippen molar-refractivity contribution in [1.82, 2.24) is 10.7 Å². The van der Waals surface area contributed by atoms with Gasteiger partial charge in [-0.25, -0.2) is 5.43 Å². The number of hydrogen-bond donors (Lipinski definition) is 3. The van der Waals surface area contributed by atoms with Crippen LogP contribution in [0.2, 0.25) is 0 Å². The van der Waals surface area contributed by atoms with Crippen LogP contribution in [-0.4, -0.2) is 43.9 Å². The molecule has 2 aromatic carbocycles. The van der Waals surface area contributed by atoms with Gasteiger partial charge in [0.05, 0.1) is 20.4 Å². The number of amides is 2. The molecule has 0 radical (unpaired) electrons. The third kappa shape index (κ3) is 6.03. The van der Waals surface area contributed by atoms with E-state index in [9.17, 15) is 14.7 Å². The Morgan fingerprint density at radius 1 is 1.11 bits per heavy atom. The number of ether oxygens (including phenoxy) is 2. The zero-order chi connectivity index (χ0) is 19.6. The molecular weight excluding hydrogens is 350 g/mol. The van der Waals surface area contributed by atoms with Gasteiger partial charge in [0.1, 0.15) is 5.75 Å². The second kappa shape index (κ2) is 9.81. The van der Waals surface area contributed by atoms with Gasteiger partial charge in [0.15, 0.2) is 11.5 Å². The molecule has 2 amide bonds. The molecule has 0 heterocycles. The Kier molecular flexibility index (Phi) is 7.18. The first-order valence-corrected chi connectivity index (χ1v) is 8.14. The highest BCUT2D eigenvalue weighted by Crippen LogP contribution is 2.25. The Bertz CT molecular complexity index is 819. The second-order valence-corrected chi connectivity index (χ2v) is 5.46. The van der Waals surface area contributed by atoms with Crippen molar-refractivity contribution in [3.8, 4) is 17.2 Å². The highest BCUT2D eigenvalue weighted by Gasteiger charge is 2.06.